The molecule has 0 bridgehead atoms. The predicted octanol–water partition coefficient (Wildman–Crippen LogP) is 10.6. The Morgan fingerprint density at radius 2 is 1.05 bits per heavy atom. The van der Waals surface area contributed by atoms with Crippen molar-refractivity contribution in [1.29, 1.82) is 0 Å². The van der Waals surface area contributed by atoms with E-state index in [2.05, 4.69) is 0 Å². The smallest absolute Gasteiger partial charge is 0.111 e. The monoisotopic (exact) mass is 544 g/mol. The molecule has 0 radical (unpaired) electrons. The summed E-state index contributed by atoms with van der Waals surface area (Å²) in [5, 5.41) is 0.700. The number of fused-ring (bicyclic) bond motifs is 3. The number of hydrogen-bond acceptors (Lipinski definition) is 1. The van der Waals surface area contributed by atoms with Gasteiger partial charge in [-0.15, -0.1) is 0 Å². The fourth-order valence-corrected chi connectivity index (χ4v) is 5.97. The molecular formula is C40H28N2. The van der Waals surface area contributed by atoms with Gasteiger partial charge in [-0.05, 0) is 74.5 Å². The van der Waals surface area contributed by atoms with Crippen molar-refractivity contribution in [2.45, 2.75) is 6.92 Å². The molecule has 1 aromatic heterocycles. The van der Waals surface area contributed by atoms with Crippen LogP contribution in [0.25, 0.3) is 71.6 Å². The standard InChI is InChI=1S/C40H28N2/c1-27-41-36-20-10-12-22-38(36)42(27)37-21-11-9-19-35(37)40-33-17-7-5-15-31(33)39(32-16-6-8-18-34(32)40)30-25-23-29(24-26-30)28-13-3-2-4-14-28/h2-26H,1H3/i5D,6D,7D,8D,15D,16D,17D,18D. The highest BCUT2D eigenvalue weighted by Crippen LogP contribution is 2.45. The molecule has 0 aliphatic carbocycles. The third-order valence-corrected chi connectivity index (χ3v) is 7.80. The number of aryl methyl sites for hydroxylation is 1. The van der Waals surface area contributed by atoms with Crippen molar-refractivity contribution in [2.24, 2.45) is 0 Å². The quantitative estimate of drug-likeness (QED) is 0.202. The largest absolute Gasteiger partial charge is 0.296 e. The lowest BCUT2D eigenvalue weighted by Gasteiger charge is -2.20. The Morgan fingerprint density at radius 3 is 1.74 bits per heavy atom. The lowest BCUT2D eigenvalue weighted by Crippen LogP contribution is -2.00. The van der Waals surface area contributed by atoms with E-state index in [1.165, 1.54) is 0 Å². The minimum absolute atomic E-state index is 0.171. The molecule has 0 saturated carbocycles. The summed E-state index contributed by atoms with van der Waals surface area (Å²) >= 11 is 0. The first-order valence-electron chi connectivity index (χ1n) is 17.8. The summed E-state index contributed by atoms with van der Waals surface area (Å²) in [5.74, 6) is 0.686. The van der Waals surface area contributed by atoms with Gasteiger partial charge in [-0.25, -0.2) is 4.98 Å². The second kappa shape index (κ2) is 9.87. The Bertz CT molecular complexity index is 2600. The fourth-order valence-electron chi connectivity index (χ4n) is 5.97. The van der Waals surface area contributed by atoms with Crippen LogP contribution in [0.2, 0.25) is 0 Å². The molecule has 0 amide bonds. The minimum atomic E-state index is -0.434. The van der Waals surface area contributed by atoms with Gasteiger partial charge in [0.1, 0.15) is 5.82 Å². The molecule has 0 aliphatic rings. The van der Waals surface area contributed by atoms with Gasteiger partial charge in [-0.1, -0.05) is 133 Å². The summed E-state index contributed by atoms with van der Waals surface area (Å²) in [6.07, 6.45) is 0. The van der Waals surface area contributed by atoms with Crippen molar-refractivity contribution in [1.82, 2.24) is 9.55 Å². The van der Waals surface area contributed by atoms with Gasteiger partial charge in [0.2, 0.25) is 0 Å². The second-order valence-corrected chi connectivity index (χ2v) is 10.2. The highest BCUT2D eigenvalue weighted by atomic mass is 15.1. The first-order valence-corrected chi connectivity index (χ1v) is 13.8. The zero-order chi connectivity index (χ0) is 35.0. The van der Waals surface area contributed by atoms with Crippen molar-refractivity contribution in [3.63, 3.8) is 0 Å². The van der Waals surface area contributed by atoms with E-state index >= 15 is 0 Å². The van der Waals surface area contributed by atoms with Gasteiger partial charge < -0.3 is 0 Å². The van der Waals surface area contributed by atoms with Gasteiger partial charge in [0.15, 0.2) is 0 Å². The van der Waals surface area contributed by atoms with E-state index < -0.39 is 24.2 Å². The van der Waals surface area contributed by atoms with Crippen LogP contribution in [-0.4, -0.2) is 9.55 Å². The molecule has 7 aromatic carbocycles. The highest BCUT2D eigenvalue weighted by Gasteiger charge is 2.20. The molecular weight excluding hydrogens is 508 g/mol. The van der Waals surface area contributed by atoms with Crippen molar-refractivity contribution < 1.29 is 11.0 Å². The SMILES string of the molecule is [2H]c1c([2H])c([2H])c2c(-c3ccccc3-n3c(C)nc4ccccc43)c3c([2H])c([2H])c([2H])c([2H])c3c(-c3ccc(-c4ccccc4)cc3)c2c1[2H]. The first kappa shape index (κ1) is 17.4. The summed E-state index contributed by atoms with van der Waals surface area (Å²) in [6, 6.07) is 29.5. The van der Waals surface area contributed by atoms with E-state index in [4.69, 9.17) is 10.5 Å². The number of nitrogens with zero attached hydrogens (tertiary/aromatic N) is 2. The summed E-state index contributed by atoms with van der Waals surface area (Å²) in [7, 11) is 0. The van der Waals surface area contributed by atoms with Crippen LogP contribution in [0, 0.1) is 6.92 Å². The van der Waals surface area contributed by atoms with Crippen molar-refractivity contribution in [2.75, 3.05) is 0 Å². The maximum Gasteiger partial charge on any atom is 0.111 e. The zero-order valence-electron chi connectivity index (χ0n) is 30.7. The lowest BCUT2D eigenvalue weighted by molar-refractivity contribution is 1.00. The van der Waals surface area contributed by atoms with E-state index in [1.54, 1.807) is 0 Å². The normalized spacial score (nSPS) is 14.1. The zero-order valence-corrected chi connectivity index (χ0v) is 22.7. The molecule has 0 unspecified atom stereocenters. The van der Waals surface area contributed by atoms with Crippen LogP contribution < -0.4 is 0 Å². The predicted molar refractivity (Wildman–Crippen MR) is 177 cm³/mol. The average molecular weight is 545 g/mol. The summed E-state index contributed by atoms with van der Waals surface area (Å²) < 4.78 is 74.2. The maximum absolute atomic E-state index is 9.33. The van der Waals surface area contributed by atoms with E-state index in [0.717, 1.165) is 22.2 Å². The number of para-hydroxylation sites is 3. The molecule has 0 fully saturated rings. The maximum atomic E-state index is 9.33. The van der Waals surface area contributed by atoms with Gasteiger partial charge in [0.25, 0.3) is 0 Å². The molecule has 1 heterocycles. The average Bonchev–Trinajstić information content (AvgIpc) is 3.49. The molecule has 2 nitrogen and oxygen atoms in total. The second-order valence-electron chi connectivity index (χ2n) is 10.2. The molecule has 0 saturated heterocycles. The molecule has 0 atom stereocenters. The Kier molecular flexibility index (Phi) is 4.08. The van der Waals surface area contributed by atoms with E-state index in [1.807, 2.05) is 115 Å². The minimum Gasteiger partial charge on any atom is -0.296 e. The Hall–Kier alpha value is -5.47. The first-order chi connectivity index (χ1) is 24.1. The van der Waals surface area contributed by atoms with Crippen LogP contribution in [0.15, 0.2) is 151 Å². The third kappa shape index (κ3) is 3.84. The topological polar surface area (TPSA) is 17.8 Å². The van der Waals surface area contributed by atoms with Gasteiger partial charge in [-0.2, -0.15) is 0 Å². The number of hydrogen-bond donors (Lipinski definition) is 0. The number of imidazole rings is 1. The van der Waals surface area contributed by atoms with Crippen LogP contribution >= 0.6 is 0 Å². The van der Waals surface area contributed by atoms with Crippen molar-refractivity contribution in [3.05, 3.63) is 157 Å². The molecule has 198 valence electrons. The third-order valence-electron chi connectivity index (χ3n) is 7.80. The van der Waals surface area contributed by atoms with Gasteiger partial charge >= 0.3 is 0 Å². The number of rotatable bonds is 4. The lowest BCUT2D eigenvalue weighted by atomic mass is 9.85. The Morgan fingerprint density at radius 1 is 0.524 bits per heavy atom. The van der Waals surface area contributed by atoms with Crippen LogP contribution in [0.1, 0.15) is 16.8 Å². The summed E-state index contributed by atoms with van der Waals surface area (Å²) in [4.78, 5) is 4.77. The number of aromatic nitrogens is 2. The summed E-state index contributed by atoms with van der Waals surface area (Å²) in [6.45, 7) is 1.88. The van der Waals surface area contributed by atoms with Crippen molar-refractivity contribution in [3.8, 4) is 39.1 Å². The molecule has 42 heavy (non-hydrogen) atoms. The molecule has 2 heteroatoms. The van der Waals surface area contributed by atoms with Crippen LogP contribution in [-0.2, 0) is 0 Å². The van der Waals surface area contributed by atoms with Gasteiger partial charge in [0.05, 0.1) is 27.7 Å². The van der Waals surface area contributed by atoms with Gasteiger partial charge in [0, 0.05) is 5.56 Å². The van der Waals surface area contributed by atoms with E-state index in [0.29, 0.717) is 33.8 Å². The molecule has 8 aromatic rings. The molecule has 0 N–H and O–H groups in total. The summed E-state index contributed by atoms with van der Waals surface area (Å²) in [5.41, 5.74) is 5.89. The number of benzene rings is 7. The van der Waals surface area contributed by atoms with E-state index in [9.17, 15) is 5.48 Å². The van der Waals surface area contributed by atoms with Crippen LogP contribution in [0.4, 0.5) is 0 Å². The molecule has 0 spiro atoms. The van der Waals surface area contributed by atoms with Crippen molar-refractivity contribution >= 4 is 32.6 Å². The Labute approximate surface area is 256 Å². The highest BCUT2D eigenvalue weighted by molar-refractivity contribution is 6.22. The fraction of sp³-hybridized carbons (Fsp3) is 0.0250. The van der Waals surface area contributed by atoms with E-state index in [-0.39, 0.29) is 45.7 Å². The molecule has 0 aliphatic heterocycles. The molecule has 8 rings (SSSR count). The van der Waals surface area contributed by atoms with Crippen LogP contribution in [0.5, 0.6) is 0 Å². The van der Waals surface area contributed by atoms with Crippen LogP contribution in [0.3, 0.4) is 0 Å². The Balaban J connectivity index is 1.60. The van der Waals surface area contributed by atoms with Gasteiger partial charge in [-0.3, -0.25) is 4.57 Å².